The van der Waals surface area contributed by atoms with Crippen LogP contribution in [0.5, 0.6) is 5.75 Å². The molecule has 0 aromatic heterocycles. The zero-order chi connectivity index (χ0) is 24.8. The third-order valence-corrected chi connectivity index (χ3v) is 5.94. The van der Waals surface area contributed by atoms with E-state index in [1.165, 1.54) is 18.2 Å². The highest BCUT2D eigenvalue weighted by molar-refractivity contribution is 8.18. The van der Waals surface area contributed by atoms with Crippen LogP contribution in [0.15, 0.2) is 41.3 Å². The number of amides is 3. The number of nitrogens with zero attached hydrogens (tertiary/aromatic N) is 1. The molecule has 2 aromatic carbocycles. The second-order valence-corrected chi connectivity index (χ2v) is 8.90. The largest absolute Gasteiger partial charge is 0.479 e. The van der Waals surface area contributed by atoms with E-state index >= 15 is 0 Å². The van der Waals surface area contributed by atoms with E-state index in [1.54, 1.807) is 19.1 Å². The number of benzene rings is 2. The summed E-state index contributed by atoms with van der Waals surface area (Å²) >= 11 is 13.1. The van der Waals surface area contributed by atoms with Crippen molar-refractivity contribution in [1.82, 2.24) is 4.90 Å². The molecule has 0 unspecified atom stereocenters. The van der Waals surface area contributed by atoms with Crippen LogP contribution in [0.3, 0.4) is 0 Å². The van der Waals surface area contributed by atoms with Gasteiger partial charge in [-0.05, 0) is 61.5 Å². The molecule has 1 aliphatic heterocycles. The number of carbonyl (C=O) groups excluding carboxylic acids is 4. The SMILES string of the molecule is CCOC(=O)COc1c(Cl)cc(/C=C2/SC(=O)N(CC(=O)Nc3ccc(C)cc3)C2=O)cc1Cl. The molecule has 2 aromatic rings. The highest BCUT2D eigenvalue weighted by Crippen LogP contribution is 2.37. The fraction of sp³-hybridized carbons (Fsp3) is 0.217. The number of carbonyl (C=O) groups is 4. The highest BCUT2D eigenvalue weighted by atomic mass is 35.5. The van der Waals surface area contributed by atoms with E-state index in [0.717, 1.165) is 10.5 Å². The lowest BCUT2D eigenvalue weighted by Crippen LogP contribution is -2.36. The Morgan fingerprint density at radius 3 is 2.38 bits per heavy atom. The lowest BCUT2D eigenvalue weighted by Gasteiger charge is -2.12. The fourth-order valence-corrected chi connectivity index (χ4v) is 4.35. The second-order valence-electron chi connectivity index (χ2n) is 7.09. The van der Waals surface area contributed by atoms with Crippen molar-refractivity contribution in [2.75, 3.05) is 25.1 Å². The quantitative estimate of drug-likeness (QED) is 0.387. The number of anilines is 1. The van der Waals surface area contributed by atoms with Gasteiger partial charge in [-0.2, -0.15) is 0 Å². The summed E-state index contributed by atoms with van der Waals surface area (Å²) in [5, 5.41) is 2.31. The highest BCUT2D eigenvalue weighted by Gasteiger charge is 2.36. The first kappa shape index (κ1) is 25.6. The van der Waals surface area contributed by atoms with E-state index in [0.29, 0.717) is 23.0 Å². The second kappa shape index (κ2) is 11.4. The Kier molecular flexibility index (Phi) is 8.60. The summed E-state index contributed by atoms with van der Waals surface area (Å²) in [5.41, 5.74) is 2.04. The van der Waals surface area contributed by atoms with Gasteiger partial charge in [-0.25, -0.2) is 4.79 Å². The Morgan fingerprint density at radius 2 is 1.76 bits per heavy atom. The number of ether oxygens (including phenoxy) is 2. The Labute approximate surface area is 210 Å². The standard InChI is InChI=1S/C23H20Cl2N2O6S/c1-3-32-20(29)12-33-21-16(24)8-14(9-17(21)25)10-18-22(30)27(23(31)34-18)11-19(28)26-15-6-4-13(2)5-7-15/h4-10H,3,11-12H2,1-2H3,(H,26,28)/b18-10+. The van der Waals surface area contributed by atoms with Gasteiger partial charge in [-0.1, -0.05) is 40.9 Å². The van der Waals surface area contributed by atoms with Crippen LogP contribution in [0.1, 0.15) is 18.1 Å². The number of nitrogens with one attached hydrogen (secondary N) is 1. The molecule has 0 saturated carbocycles. The van der Waals surface area contributed by atoms with Crippen molar-refractivity contribution in [3.63, 3.8) is 0 Å². The van der Waals surface area contributed by atoms with Gasteiger partial charge in [0.05, 0.1) is 21.6 Å². The molecule has 1 heterocycles. The normalized spacial score (nSPS) is 14.5. The summed E-state index contributed by atoms with van der Waals surface area (Å²) in [4.78, 5) is 49.8. The lowest BCUT2D eigenvalue weighted by atomic mass is 10.2. The Hall–Kier alpha value is -3.01. The topological polar surface area (TPSA) is 102 Å². The maximum Gasteiger partial charge on any atom is 0.344 e. The number of hydrogen-bond acceptors (Lipinski definition) is 7. The number of imide groups is 1. The summed E-state index contributed by atoms with van der Waals surface area (Å²) < 4.78 is 10.1. The van der Waals surface area contributed by atoms with E-state index in [2.05, 4.69) is 5.32 Å². The Balaban J connectivity index is 1.68. The molecule has 3 rings (SSSR count). The van der Waals surface area contributed by atoms with Crippen molar-refractivity contribution in [3.8, 4) is 5.75 Å². The minimum Gasteiger partial charge on any atom is -0.479 e. The smallest absolute Gasteiger partial charge is 0.344 e. The third-order valence-electron chi connectivity index (χ3n) is 4.47. The molecule has 0 spiro atoms. The maximum absolute atomic E-state index is 12.7. The molecule has 0 radical (unpaired) electrons. The number of thioether (sulfide) groups is 1. The Bertz CT molecular complexity index is 1140. The van der Waals surface area contributed by atoms with Gasteiger partial charge in [0.1, 0.15) is 6.54 Å². The minimum absolute atomic E-state index is 0.0921. The molecule has 8 nitrogen and oxygen atoms in total. The van der Waals surface area contributed by atoms with Crippen molar-refractivity contribution in [2.45, 2.75) is 13.8 Å². The molecule has 3 amide bonds. The predicted molar refractivity (Wildman–Crippen MR) is 131 cm³/mol. The van der Waals surface area contributed by atoms with Crippen LogP contribution in [0.25, 0.3) is 6.08 Å². The van der Waals surface area contributed by atoms with Crippen LogP contribution in [-0.2, 0) is 19.1 Å². The van der Waals surface area contributed by atoms with Crippen molar-refractivity contribution in [3.05, 3.63) is 62.5 Å². The first-order valence-corrected chi connectivity index (χ1v) is 11.6. The molecule has 1 fully saturated rings. The summed E-state index contributed by atoms with van der Waals surface area (Å²) in [6.07, 6.45) is 1.44. The third kappa shape index (κ3) is 6.53. The van der Waals surface area contributed by atoms with Gasteiger partial charge < -0.3 is 14.8 Å². The Morgan fingerprint density at radius 1 is 1.12 bits per heavy atom. The minimum atomic E-state index is -0.607. The van der Waals surface area contributed by atoms with Gasteiger partial charge in [0.2, 0.25) is 5.91 Å². The van der Waals surface area contributed by atoms with E-state index < -0.39 is 29.6 Å². The van der Waals surface area contributed by atoms with Gasteiger partial charge in [0.25, 0.3) is 11.1 Å². The molecule has 178 valence electrons. The molecule has 0 atom stereocenters. The molecule has 1 saturated heterocycles. The zero-order valence-corrected chi connectivity index (χ0v) is 20.6. The van der Waals surface area contributed by atoms with Gasteiger partial charge in [-0.3, -0.25) is 19.3 Å². The molecule has 1 aliphatic rings. The van der Waals surface area contributed by atoms with Crippen LogP contribution in [-0.4, -0.2) is 47.7 Å². The zero-order valence-electron chi connectivity index (χ0n) is 18.2. The van der Waals surface area contributed by atoms with Crippen LogP contribution in [0.4, 0.5) is 10.5 Å². The van der Waals surface area contributed by atoms with Crippen molar-refractivity contribution in [2.24, 2.45) is 0 Å². The number of rotatable bonds is 8. The van der Waals surface area contributed by atoms with Gasteiger partial charge >= 0.3 is 5.97 Å². The maximum atomic E-state index is 12.7. The van der Waals surface area contributed by atoms with Crippen LogP contribution in [0, 0.1) is 6.92 Å². The summed E-state index contributed by atoms with van der Waals surface area (Å²) in [6.45, 7) is 3.02. The van der Waals surface area contributed by atoms with E-state index in [4.69, 9.17) is 32.7 Å². The average Bonchev–Trinajstić information content (AvgIpc) is 3.02. The van der Waals surface area contributed by atoms with Gasteiger partial charge in [0, 0.05) is 5.69 Å². The molecule has 34 heavy (non-hydrogen) atoms. The summed E-state index contributed by atoms with van der Waals surface area (Å²) in [5.74, 6) is -1.58. The van der Waals surface area contributed by atoms with E-state index in [9.17, 15) is 19.2 Å². The monoisotopic (exact) mass is 522 g/mol. The first-order chi connectivity index (χ1) is 16.2. The number of esters is 1. The van der Waals surface area contributed by atoms with Gasteiger partial charge in [0.15, 0.2) is 12.4 Å². The van der Waals surface area contributed by atoms with E-state index in [-0.39, 0.29) is 33.9 Å². The molecule has 0 aliphatic carbocycles. The molecular formula is C23H20Cl2N2O6S. The lowest BCUT2D eigenvalue weighted by molar-refractivity contribution is -0.145. The van der Waals surface area contributed by atoms with Crippen LogP contribution < -0.4 is 10.1 Å². The van der Waals surface area contributed by atoms with Gasteiger partial charge in [-0.15, -0.1) is 0 Å². The molecular weight excluding hydrogens is 503 g/mol. The van der Waals surface area contributed by atoms with Crippen LogP contribution >= 0.6 is 35.0 Å². The van der Waals surface area contributed by atoms with Crippen molar-refractivity contribution < 1.29 is 28.7 Å². The summed E-state index contributed by atoms with van der Waals surface area (Å²) in [6, 6.07) is 10.1. The number of halogens is 2. The predicted octanol–water partition coefficient (Wildman–Crippen LogP) is 4.92. The molecule has 0 bridgehead atoms. The summed E-state index contributed by atoms with van der Waals surface area (Å²) in [7, 11) is 0. The molecule has 1 N–H and O–H groups in total. The fourth-order valence-electron chi connectivity index (χ4n) is 2.90. The first-order valence-electron chi connectivity index (χ1n) is 10.1. The van der Waals surface area contributed by atoms with Crippen molar-refractivity contribution >= 4 is 69.8 Å². The number of hydrogen-bond donors (Lipinski definition) is 1. The van der Waals surface area contributed by atoms with Crippen LogP contribution in [0.2, 0.25) is 10.0 Å². The van der Waals surface area contributed by atoms with E-state index in [1.807, 2.05) is 19.1 Å². The average molecular weight is 523 g/mol. The molecule has 11 heteroatoms. The van der Waals surface area contributed by atoms with Crippen molar-refractivity contribution in [1.29, 1.82) is 0 Å². The number of aryl methyl sites for hydroxylation is 1.